The van der Waals surface area contributed by atoms with Crippen LogP contribution in [0.2, 0.25) is 0 Å². The second-order valence-corrected chi connectivity index (χ2v) is 12.9. The summed E-state index contributed by atoms with van der Waals surface area (Å²) < 4.78 is 23.2. The first-order chi connectivity index (χ1) is 18.1. The number of unbranched alkanes of at least 4 members (excludes halogenated alkanes) is 1. The van der Waals surface area contributed by atoms with E-state index in [0.717, 1.165) is 25.1 Å². The topological polar surface area (TPSA) is 126 Å². The normalized spacial score (nSPS) is 14.3. The molecule has 2 rings (SSSR count). The van der Waals surface area contributed by atoms with Crippen LogP contribution in [0.4, 0.5) is 4.79 Å². The summed E-state index contributed by atoms with van der Waals surface area (Å²) in [6.45, 7) is 10.9. The second-order valence-electron chi connectivity index (χ2n) is 11.4. The van der Waals surface area contributed by atoms with Crippen molar-refractivity contribution in [2.24, 2.45) is 0 Å². The zero-order valence-electron chi connectivity index (χ0n) is 24.0. The minimum Gasteiger partial charge on any atom is -0.457 e. The Bertz CT molecular complexity index is 1160. The number of rotatable bonds is 14. The SMILES string of the molecule is CCC(CC)(C[C@](C)(C=CP(=O)(O)O)NC(=O)OC(C)(C)C)c1ccc(C(=O)CCCCc2ccccc2)o1. The second kappa shape index (κ2) is 13.6. The van der Waals surface area contributed by atoms with Crippen molar-refractivity contribution in [3.05, 3.63) is 71.4 Å². The first-order valence-corrected chi connectivity index (χ1v) is 15.2. The zero-order valence-corrected chi connectivity index (χ0v) is 24.9. The molecule has 0 aliphatic heterocycles. The Morgan fingerprint density at radius 3 is 2.21 bits per heavy atom. The average Bonchev–Trinajstić information content (AvgIpc) is 3.34. The van der Waals surface area contributed by atoms with Crippen LogP contribution in [-0.4, -0.2) is 32.8 Å². The molecule has 1 aromatic carbocycles. The fourth-order valence-electron chi connectivity index (χ4n) is 4.74. The smallest absolute Gasteiger partial charge is 0.408 e. The van der Waals surface area contributed by atoms with Gasteiger partial charge in [0.2, 0.25) is 0 Å². The third-order valence-electron chi connectivity index (χ3n) is 6.85. The molecule has 8 nitrogen and oxygen atoms in total. The van der Waals surface area contributed by atoms with Crippen LogP contribution in [0.5, 0.6) is 0 Å². The minimum atomic E-state index is -4.48. The molecule has 0 fully saturated rings. The molecule has 0 bridgehead atoms. The molecule has 1 heterocycles. The van der Waals surface area contributed by atoms with Crippen LogP contribution < -0.4 is 5.32 Å². The molecule has 0 aliphatic rings. The van der Waals surface area contributed by atoms with Gasteiger partial charge in [0.15, 0.2) is 11.5 Å². The van der Waals surface area contributed by atoms with E-state index in [0.29, 0.717) is 30.8 Å². The number of ether oxygens (including phenoxy) is 1. The number of ketones is 1. The number of furan rings is 1. The van der Waals surface area contributed by atoms with Gasteiger partial charge in [0, 0.05) is 17.7 Å². The van der Waals surface area contributed by atoms with Crippen molar-refractivity contribution in [2.75, 3.05) is 0 Å². The molecule has 1 atom stereocenters. The monoisotopic (exact) mass is 561 g/mol. The molecule has 0 saturated carbocycles. The predicted octanol–water partition coefficient (Wildman–Crippen LogP) is 7.30. The standard InChI is InChI=1S/C30H44NO7P/c1-7-30(8-2,22-29(6,20-21-39(34,35)36)31-27(33)38-28(3,4)5)26-19-18-25(37-26)24(32)17-13-12-16-23-14-10-9-11-15-23/h9-11,14-15,18-21H,7-8,12-13,16-17,22H2,1-6H3,(H,31,33)(H2,34,35,36)/t29-/m0/s1. The number of aryl methyl sites for hydroxylation is 1. The molecule has 2 aromatic rings. The maximum absolute atomic E-state index is 12.9. The van der Waals surface area contributed by atoms with Gasteiger partial charge in [0.25, 0.3) is 0 Å². The fraction of sp³-hybridized carbons (Fsp3) is 0.533. The molecule has 1 aromatic heterocycles. The van der Waals surface area contributed by atoms with Gasteiger partial charge in [-0.2, -0.15) is 0 Å². The highest BCUT2D eigenvalue weighted by Gasteiger charge is 2.41. The number of amides is 1. The van der Waals surface area contributed by atoms with E-state index >= 15 is 0 Å². The molecule has 3 N–H and O–H groups in total. The highest BCUT2D eigenvalue weighted by Crippen LogP contribution is 2.43. The minimum absolute atomic E-state index is 0.0635. The molecule has 39 heavy (non-hydrogen) atoms. The van der Waals surface area contributed by atoms with Crippen molar-refractivity contribution in [1.29, 1.82) is 0 Å². The van der Waals surface area contributed by atoms with Gasteiger partial charge in [-0.25, -0.2) is 4.79 Å². The number of benzene rings is 1. The van der Waals surface area contributed by atoms with Crippen molar-refractivity contribution in [2.45, 2.75) is 103 Å². The first-order valence-electron chi connectivity index (χ1n) is 13.5. The molecular formula is C30H44NO7P. The van der Waals surface area contributed by atoms with Crippen LogP contribution in [0, 0.1) is 0 Å². The highest BCUT2D eigenvalue weighted by molar-refractivity contribution is 7.55. The summed E-state index contributed by atoms with van der Waals surface area (Å²) >= 11 is 0. The molecule has 1 amide bonds. The maximum Gasteiger partial charge on any atom is 0.408 e. The van der Waals surface area contributed by atoms with Crippen molar-refractivity contribution >= 4 is 19.5 Å². The van der Waals surface area contributed by atoms with Crippen molar-refractivity contribution in [3.8, 4) is 0 Å². The Morgan fingerprint density at radius 1 is 1.00 bits per heavy atom. The lowest BCUT2D eigenvalue weighted by Gasteiger charge is -2.39. The highest BCUT2D eigenvalue weighted by atomic mass is 31.2. The van der Waals surface area contributed by atoms with Crippen molar-refractivity contribution in [3.63, 3.8) is 0 Å². The van der Waals surface area contributed by atoms with Crippen LogP contribution >= 0.6 is 7.60 Å². The number of hydrogen-bond acceptors (Lipinski definition) is 5. The van der Waals surface area contributed by atoms with E-state index in [2.05, 4.69) is 17.4 Å². The van der Waals surface area contributed by atoms with Gasteiger partial charge in [-0.15, -0.1) is 0 Å². The number of nitrogens with one attached hydrogen (secondary N) is 1. The number of Topliss-reactive ketones (excluding diaryl/α,β-unsaturated/α-hetero) is 1. The van der Waals surface area contributed by atoms with Crippen LogP contribution in [0.3, 0.4) is 0 Å². The third-order valence-corrected chi connectivity index (χ3v) is 7.39. The predicted molar refractivity (Wildman–Crippen MR) is 153 cm³/mol. The van der Waals surface area contributed by atoms with Crippen LogP contribution in [0.15, 0.2) is 58.8 Å². The summed E-state index contributed by atoms with van der Waals surface area (Å²) in [5.74, 6) is 1.63. The van der Waals surface area contributed by atoms with E-state index in [1.165, 1.54) is 11.6 Å². The Balaban J connectivity index is 2.21. The largest absolute Gasteiger partial charge is 0.457 e. The van der Waals surface area contributed by atoms with Crippen molar-refractivity contribution < 1.29 is 33.1 Å². The summed E-state index contributed by atoms with van der Waals surface area (Å²) in [6, 6.07) is 13.7. The third kappa shape index (κ3) is 10.8. The van der Waals surface area contributed by atoms with E-state index in [4.69, 9.17) is 9.15 Å². The van der Waals surface area contributed by atoms with E-state index in [1.807, 2.05) is 32.0 Å². The molecular weight excluding hydrogens is 517 g/mol. The number of alkyl carbamates (subject to hydrolysis) is 1. The van der Waals surface area contributed by atoms with Gasteiger partial charge in [0.05, 0.1) is 5.54 Å². The number of carbonyl (C=O) groups is 2. The molecule has 216 valence electrons. The van der Waals surface area contributed by atoms with E-state index in [1.54, 1.807) is 39.8 Å². The number of carbonyl (C=O) groups excluding carboxylic acids is 2. The fourth-order valence-corrected chi connectivity index (χ4v) is 5.26. The van der Waals surface area contributed by atoms with Gasteiger partial charge >= 0.3 is 13.7 Å². The first kappa shape index (κ1) is 32.5. The van der Waals surface area contributed by atoms with Crippen molar-refractivity contribution in [1.82, 2.24) is 5.32 Å². The zero-order chi connectivity index (χ0) is 29.3. The van der Waals surface area contributed by atoms with Crippen LogP contribution in [-0.2, 0) is 21.1 Å². The van der Waals surface area contributed by atoms with E-state index in [-0.39, 0.29) is 12.2 Å². The summed E-state index contributed by atoms with van der Waals surface area (Å²) in [5.41, 5.74) is -1.29. The van der Waals surface area contributed by atoms with Gasteiger partial charge in [-0.05, 0) is 83.9 Å². The lowest BCUT2D eigenvalue weighted by Crippen LogP contribution is -2.50. The molecule has 0 unspecified atom stereocenters. The Hall–Kier alpha value is -2.67. The molecule has 0 aliphatic carbocycles. The lowest BCUT2D eigenvalue weighted by molar-refractivity contribution is 0.0464. The molecule has 0 radical (unpaired) electrons. The molecule has 0 spiro atoms. The average molecular weight is 562 g/mol. The number of hydrogen-bond donors (Lipinski definition) is 3. The summed E-state index contributed by atoms with van der Waals surface area (Å²) in [6.07, 6.45) is 5.05. The van der Waals surface area contributed by atoms with Crippen LogP contribution in [0.25, 0.3) is 0 Å². The van der Waals surface area contributed by atoms with Gasteiger partial charge in [0.1, 0.15) is 11.4 Å². The van der Waals surface area contributed by atoms with Gasteiger partial charge < -0.3 is 24.3 Å². The van der Waals surface area contributed by atoms with E-state index in [9.17, 15) is 23.9 Å². The molecule has 9 heteroatoms. The Morgan fingerprint density at radius 2 is 1.64 bits per heavy atom. The Labute approximate surface area is 232 Å². The summed E-state index contributed by atoms with van der Waals surface area (Å²) in [4.78, 5) is 44.5. The summed E-state index contributed by atoms with van der Waals surface area (Å²) in [7, 11) is -4.48. The maximum atomic E-state index is 12.9. The molecule has 0 saturated heterocycles. The van der Waals surface area contributed by atoms with Gasteiger partial charge in [-0.3, -0.25) is 9.36 Å². The van der Waals surface area contributed by atoms with Crippen LogP contribution in [0.1, 0.15) is 102 Å². The quantitative estimate of drug-likeness (QED) is 0.125. The Kier molecular flexibility index (Phi) is 11.3. The summed E-state index contributed by atoms with van der Waals surface area (Å²) in [5, 5.41) is 2.79. The lowest BCUT2D eigenvalue weighted by atomic mass is 9.71. The van der Waals surface area contributed by atoms with Gasteiger partial charge in [-0.1, -0.05) is 50.3 Å². The van der Waals surface area contributed by atoms with E-state index < -0.39 is 30.2 Å².